The van der Waals surface area contributed by atoms with Crippen LogP contribution in [0.3, 0.4) is 0 Å². The smallest absolute Gasteiger partial charge is 0.323 e. The van der Waals surface area contributed by atoms with Crippen molar-refractivity contribution in [2.45, 2.75) is 45.4 Å². The van der Waals surface area contributed by atoms with Gasteiger partial charge in [0.15, 0.2) is 0 Å². The Kier molecular flexibility index (Phi) is 5.09. The first kappa shape index (κ1) is 17.5. The van der Waals surface area contributed by atoms with Crippen LogP contribution >= 0.6 is 0 Å². The van der Waals surface area contributed by atoms with Crippen molar-refractivity contribution in [3.05, 3.63) is 35.9 Å². The Morgan fingerprint density at radius 3 is 2.22 bits per heavy atom. The second-order valence-electron chi connectivity index (χ2n) is 6.97. The van der Waals surface area contributed by atoms with E-state index < -0.39 is 17.6 Å². The highest BCUT2D eigenvalue weighted by Crippen LogP contribution is 2.39. The molecule has 126 valence electrons. The maximum Gasteiger partial charge on any atom is 0.323 e. The summed E-state index contributed by atoms with van der Waals surface area (Å²) in [5, 5.41) is 3.25. The Morgan fingerprint density at radius 1 is 1.09 bits per heavy atom. The third-order valence-corrected chi connectivity index (χ3v) is 4.10. The number of carbonyl (C=O) groups is 2. The molecule has 0 unspecified atom stereocenters. The molecular formula is C18H25NO4. The second-order valence-corrected chi connectivity index (χ2v) is 6.97. The summed E-state index contributed by atoms with van der Waals surface area (Å²) < 4.78 is 10.4. The molecule has 1 fully saturated rings. The molecule has 1 aliphatic heterocycles. The van der Waals surface area contributed by atoms with Crippen LogP contribution in [0.1, 0.15) is 39.3 Å². The molecule has 1 aromatic rings. The van der Waals surface area contributed by atoms with Crippen LogP contribution in [0.5, 0.6) is 0 Å². The number of benzene rings is 1. The summed E-state index contributed by atoms with van der Waals surface area (Å²) in [6, 6.07) is 8.84. The highest BCUT2D eigenvalue weighted by Gasteiger charge is 2.49. The Balaban J connectivity index is 2.33. The maximum atomic E-state index is 12.7. The van der Waals surface area contributed by atoms with Gasteiger partial charge in [-0.05, 0) is 32.3 Å². The van der Waals surface area contributed by atoms with Crippen molar-refractivity contribution in [2.24, 2.45) is 11.8 Å². The van der Waals surface area contributed by atoms with Crippen molar-refractivity contribution in [3.63, 3.8) is 0 Å². The minimum Gasteiger partial charge on any atom is -0.468 e. The molecular weight excluding hydrogens is 294 g/mol. The lowest BCUT2D eigenvalue weighted by atomic mass is 9.85. The number of carbonyl (C=O) groups excluding carboxylic acids is 2. The summed E-state index contributed by atoms with van der Waals surface area (Å²) in [6.45, 7) is 7.40. The lowest BCUT2D eigenvalue weighted by Gasteiger charge is -2.26. The van der Waals surface area contributed by atoms with Gasteiger partial charge in [-0.25, -0.2) is 0 Å². The SMILES string of the molecule is COC(=O)[C@H]1N[C@@H](c2ccccc2)[C@@H](C(=O)OC(C)(C)C)[C@@H]1C. The zero-order valence-electron chi connectivity index (χ0n) is 14.3. The van der Waals surface area contributed by atoms with E-state index in [0.717, 1.165) is 5.56 Å². The number of hydrogen-bond acceptors (Lipinski definition) is 5. The minimum atomic E-state index is -0.568. The molecule has 23 heavy (non-hydrogen) atoms. The Bertz CT molecular complexity index is 564. The molecule has 1 aliphatic rings. The molecule has 1 aromatic carbocycles. The molecule has 0 saturated carbocycles. The molecule has 1 heterocycles. The number of ether oxygens (including phenoxy) is 2. The first-order chi connectivity index (χ1) is 10.7. The largest absolute Gasteiger partial charge is 0.468 e. The fraction of sp³-hybridized carbons (Fsp3) is 0.556. The van der Waals surface area contributed by atoms with E-state index in [1.165, 1.54) is 7.11 Å². The number of rotatable bonds is 3. The van der Waals surface area contributed by atoms with Crippen LogP contribution in [0.25, 0.3) is 0 Å². The van der Waals surface area contributed by atoms with E-state index in [0.29, 0.717) is 0 Å². The van der Waals surface area contributed by atoms with Crippen molar-refractivity contribution in [1.82, 2.24) is 5.32 Å². The van der Waals surface area contributed by atoms with Crippen molar-refractivity contribution >= 4 is 11.9 Å². The van der Waals surface area contributed by atoms with E-state index in [1.807, 2.05) is 58.0 Å². The molecule has 5 nitrogen and oxygen atoms in total. The predicted octanol–water partition coefficient (Wildman–Crippen LogP) is 2.47. The maximum absolute atomic E-state index is 12.7. The molecule has 2 rings (SSSR count). The fourth-order valence-corrected chi connectivity index (χ4v) is 3.05. The van der Waals surface area contributed by atoms with Gasteiger partial charge in [-0.3, -0.25) is 14.9 Å². The van der Waals surface area contributed by atoms with E-state index in [1.54, 1.807) is 0 Å². The van der Waals surface area contributed by atoms with Crippen LogP contribution in [0.4, 0.5) is 0 Å². The molecule has 0 aromatic heterocycles. The Morgan fingerprint density at radius 2 is 1.70 bits per heavy atom. The van der Waals surface area contributed by atoms with Crippen LogP contribution in [0.2, 0.25) is 0 Å². The van der Waals surface area contributed by atoms with Gasteiger partial charge in [-0.15, -0.1) is 0 Å². The van der Waals surface area contributed by atoms with Crippen molar-refractivity contribution in [3.8, 4) is 0 Å². The monoisotopic (exact) mass is 319 g/mol. The van der Waals surface area contributed by atoms with E-state index in [9.17, 15) is 9.59 Å². The molecule has 0 amide bonds. The molecule has 1 N–H and O–H groups in total. The van der Waals surface area contributed by atoms with Crippen molar-refractivity contribution < 1.29 is 19.1 Å². The summed E-state index contributed by atoms with van der Waals surface area (Å²) >= 11 is 0. The number of esters is 2. The zero-order valence-corrected chi connectivity index (χ0v) is 14.3. The first-order valence-corrected chi connectivity index (χ1v) is 7.86. The fourth-order valence-electron chi connectivity index (χ4n) is 3.05. The summed E-state index contributed by atoms with van der Waals surface area (Å²) in [6.07, 6.45) is 0. The zero-order chi connectivity index (χ0) is 17.2. The molecule has 4 atom stereocenters. The number of hydrogen-bond donors (Lipinski definition) is 1. The molecule has 5 heteroatoms. The van der Waals surface area contributed by atoms with Gasteiger partial charge in [-0.2, -0.15) is 0 Å². The minimum absolute atomic E-state index is 0.220. The summed E-state index contributed by atoms with van der Waals surface area (Å²) in [4.78, 5) is 24.7. The number of methoxy groups -OCH3 is 1. The summed E-state index contributed by atoms with van der Waals surface area (Å²) in [5.41, 5.74) is 0.392. The van der Waals surface area contributed by atoms with Gasteiger partial charge in [0.2, 0.25) is 0 Å². The molecule has 1 saturated heterocycles. The predicted molar refractivity (Wildman–Crippen MR) is 86.6 cm³/mol. The van der Waals surface area contributed by atoms with Gasteiger partial charge in [-0.1, -0.05) is 37.3 Å². The standard InChI is InChI=1S/C18H25NO4/c1-11-13(16(20)23-18(2,3)4)15(12-9-7-6-8-10-12)19-14(11)17(21)22-5/h6-11,13-15,19H,1-5H3/t11-,13-,14-,15-/m0/s1. The van der Waals surface area contributed by atoms with Gasteiger partial charge in [0.05, 0.1) is 13.0 Å². The lowest BCUT2D eigenvalue weighted by molar-refractivity contribution is -0.162. The Hall–Kier alpha value is -1.88. The van der Waals surface area contributed by atoms with E-state index >= 15 is 0 Å². The highest BCUT2D eigenvalue weighted by atomic mass is 16.6. The average Bonchev–Trinajstić information content (AvgIpc) is 2.83. The average molecular weight is 319 g/mol. The van der Waals surface area contributed by atoms with Gasteiger partial charge in [0, 0.05) is 6.04 Å². The molecule has 0 spiro atoms. The van der Waals surface area contributed by atoms with Crippen LogP contribution in [-0.2, 0) is 19.1 Å². The van der Waals surface area contributed by atoms with Crippen LogP contribution in [0, 0.1) is 11.8 Å². The van der Waals surface area contributed by atoms with E-state index in [-0.39, 0.29) is 23.9 Å². The quantitative estimate of drug-likeness (QED) is 0.867. The number of nitrogens with one attached hydrogen (secondary N) is 1. The van der Waals surface area contributed by atoms with Gasteiger partial charge < -0.3 is 9.47 Å². The summed E-state index contributed by atoms with van der Waals surface area (Å²) in [5.74, 6) is -1.31. The second kappa shape index (κ2) is 6.71. The highest BCUT2D eigenvalue weighted by molar-refractivity contribution is 5.81. The molecule has 0 radical (unpaired) electrons. The molecule has 0 aliphatic carbocycles. The van der Waals surface area contributed by atoms with Crippen LogP contribution < -0.4 is 5.32 Å². The van der Waals surface area contributed by atoms with Gasteiger partial charge >= 0.3 is 11.9 Å². The van der Waals surface area contributed by atoms with Crippen molar-refractivity contribution in [1.29, 1.82) is 0 Å². The van der Waals surface area contributed by atoms with Crippen molar-refractivity contribution in [2.75, 3.05) is 7.11 Å². The summed E-state index contributed by atoms with van der Waals surface area (Å²) in [7, 11) is 1.36. The first-order valence-electron chi connectivity index (χ1n) is 7.86. The normalized spacial score (nSPS) is 27.5. The van der Waals surface area contributed by atoms with Gasteiger partial charge in [0.25, 0.3) is 0 Å². The van der Waals surface area contributed by atoms with Gasteiger partial charge in [0.1, 0.15) is 11.6 Å². The van der Waals surface area contributed by atoms with Crippen LogP contribution in [0.15, 0.2) is 30.3 Å². The van der Waals surface area contributed by atoms with E-state index in [2.05, 4.69) is 5.32 Å². The Labute approximate surface area is 137 Å². The third-order valence-electron chi connectivity index (χ3n) is 4.10. The van der Waals surface area contributed by atoms with E-state index in [4.69, 9.17) is 9.47 Å². The lowest BCUT2D eigenvalue weighted by Crippen LogP contribution is -2.37. The van der Waals surface area contributed by atoms with Crippen LogP contribution in [-0.4, -0.2) is 30.7 Å². The topological polar surface area (TPSA) is 64.6 Å². The molecule has 0 bridgehead atoms. The third kappa shape index (κ3) is 3.91.